The van der Waals surface area contributed by atoms with Crippen molar-refractivity contribution in [3.05, 3.63) is 58.7 Å². The van der Waals surface area contributed by atoms with Crippen molar-refractivity contribution in [2.75, 3.05) is 6.54 Å². The van der Waals surface area contributed by atoms with E-state index in [1.807, 2.05) is 0 Å². The van der Waals surface area contributed by atoms with E-state index < -0.39 is 0 Å². The third-order valence-electron chi connectivity index (χ3n) is 4.30. The van der Waals surface area contributed by atoms with Crippen molar-refractivity contribution in [1.29, 1.82) is 0 Å². The van der Waals surface area contributed by atoms with Crippen LogP contribution in [0, 0.1) is 13.8 Å². The number of halogens is 2. The molecule has 0 saturated heterocycles. The summed E-state index contributed by atoms with van der Waals surface area (Å²) >= 11 is 0. The highest BCUT2D eigenvalue weighted by Crippen LogP contribution is 2.30. The van der Waals surface area contributed by atoms with Crippen LogP contribution >= 0.6 is 24.8 Å². The first kappa shape index (κ1) is 22.9. The Balaban J connectivity index is 0.00000264. The topological polar surface area (TPSA) is 52.0 Å². The Morgan fingerprint density at radius 2 is 1.33 bits per heavy atom. The fourth-order valence-corrected chi connectivity index (χ4v) is 3.01. The normalized spacial score (nSPS) is 12.1. The molecule has 4 N–H and O–H groups in total. The van der Waals surface area contributed by atoms with Crippen LogP contribution in [0.2, 0.25) is 0 Å². The third kappa shape index (κ3) is 4.97. The van der Waals surface area contributed by atoms with Crippen molar-refractivity contribution in [3.8, 4) is 11.1 Å². The summed E-state index contributed by atoms with van der Waals surface area (Å²) in [6, 6.07) is 13.2. The van der Waals surface area contributed by atoms with Gasteiger partial charge in [-0.1, -0.05) is 57.2 Å². The van der Waals surface area contributed by atoms with Gasteiger partial charge < -0.3 is 11.5 Å². The van der Waals surface area contributed by atoms with Gasteiger partial charge in [-0.25, -0.2) is 0 Å². The van der Waals surface area contributed by atoms with E-state index >= 15 is 0 Å². The number of aryl methyl sites for hydroxylation is 2. The first-order valence-electron chi connectivity index (χ1n) is 7.91. The van der Waals surface area contributed by atoms with Crippen LogP contribution in [0.4, 0.5) is 0 Å². The van der Waals surface area contributed by atoms with Gasteiger partial charge in [-0.3, -0.25) is 0 Å². The number of benzene rings is 2. The van der Waals surface area contributed by atoms with E-state index in [0.717, 1.165) is 0 Å². The molecule has 0 saturated carbocycles. The minimum Gasteiger partial charge on any atom is -0.329 e. The minimum atomic E-state index is -0.0858. The van der Waals surface area contributed by atoms with Crippen molar-refractivity contribution in [2.45, 2.75) is 46.1 Å². The zero-order valence-corrected chi connectivity index (χ0v) is 16.9. The molecule has 0 aliphatic carbocycles. The summed E-state index contributed by atoms with van der Waals surface area (Å²) in [5.74, 6) is 0. The standard InChI is InChI=1S/C20H28N2.2ClH/c1-13-10-16(11-14(2)19(13)18(22)12-21)15-6-8-17(9-7-15)20(3,4)5;;/h6-11,18H,12,21-22H2,1-5H3;2*1H. The largest absolute Gasteiger partial charge is 0.329 e. The summed E-state index contributed by atoms with van der Waals surface area (Å²) in [6.07, 6.45) is 0. The van der Waals surface area contributed by atoms with Crippen molar-refractivity contribution in [1.82, 2.24) is 0 Å². The second kappa shape index (κ2) is 8.87. The Labute approximate surface area is 158 Å². The molecule has 1 unspecified atom stereocenters. The minimum absolute atomic E-state index is 0. The lowest BCUT2D eigenvalue weighted by Gasteiger charge is -2.20. The molecule has 0 aromatic heterocycles. The van der Waals surface area contributed by atoms with Crippen LogP contribution in [0.15, 0.2) is 36.4 Å². The molecule has 0 spiro atoms. The van der Waals surface area contributed by atoms with Crippen LogP contribution in [-0.4, -0.2) is 6.54 Å². The van der Waals surface area contributed by atoms with Crippen molar-refractivity contribution < 1.29 is 0 Å². The molecule has 2 rings (SSSR count). The maximum absolute atomic E-state index is 6.13. The number of nitrogens with two attached hydrogens (primary N) is 2. The van der Waals surface area contributed by atoms with Crippen LogP contribution in [-0.2, 0) is 5.41 Å². The molecule has 134 valence electrons. The molecule has 2 nitrogen and oxygen atoms in total. The molecule has 1 atom stereocenters. The summed E-state index contributed by atoms with van der Waals surface area (Å²) in [6.45, 7) is 11.4. The first-order valence-corrected chi connectivity index (χ1v) is 7.91. The van der Waals surface area contributed by atoms with Gasteiger partial charge in [-0.05, 0) is 52.6 Å². The second-order valence-electron chi connectivity index (χ2n) is 7.19. The van der Waals surface area contributed by atoms with E-state index in [1.165, 1.54) is 33.4 Å². The fraction of sp³-hybridized carbons (Fsp3) is 0.400. The first-order chi connectivity index (χ1) is 10.2. The molecule has 2 aromatic rings. The zero-order valence-electron chi connectivity index (χ0n) is 15.2. The molecule has 4 heteroatoms. The predicted molar refractivity (Wildman–Crippen MR) is 111 cm³/mol. The Bertz CT molecular complexity index is 635. The van der Waals surface area contributed by atoms with Gasteiger partial charge in [0.15, 0.2) is 0 Å². The molecule has 0 bridgehead atoms. The number of hydrogen-bond donors (Lipinski definition) is 2. The van der Waals surface area contributed by atoms with Gasteiger partial charge in [-0.2, -0.15) is 0 Å². The zero-order chi connectivity index (χ0) is 16.5. The van der Waals surface area contributed by atoms with Crippen LogP contribution < -0.4 is 11.5 Å². The van der Waals surface area contributed by atoms with E-state index in [4.69, 9.17) is 11.5 Å². The van der Waals surface area contributed by atoms with Gasteiger partial charge in [0.2, 0.25) is 0 Å². The lowest BCUT2D eigenvalue weighted by atomic mass is 9.85. The Hall–Kier alpha value is -1.06. The van der Waals surface area contributed by atoms with Gasteiger partial charge in [0.25, 0.3) is 0 Å². The van der Waals surface area contributed by atoms with Crippen LogP contribution in [0.3, 0.4) is 0 Å². The highest BCUT2D eigenvalue weighted by atomic mass is 35.5. The summed E-state index contributed by atoms with van der Waals surface area (Å²) in [5.41, 5.74) is 19.5. The maximum Gasteiger partial charge on any atom is 0.0424 e. The van der Waals surface area contributed by atoms with Crippen LogP contribution in [0.1, 0.15) is 49.1 Å². The molecule has 0 amide bonds. The molecule has 0 heterocycles. The second-order valence-corrected chi connectivity index (χ2v) is 7.19. The van der Waals surface area contributed by atoms with Gasteiger partial charge in [0.1, 0.15) is 0 Å². The van der Waals surface area contributed by atoms with E-state index in [0.29, 0.717) is 6.54 Å². The van der Waals surface area contributed by atoms with E-state index in [1.54, 1.807) is 0 Å². The average molecular weight is 369 g/mol. The monoisotopic (exact) mass is 368 g/mol. The molecular formula is C20H30Cl2N2. The number of hydrogen-bond acceptors (Lipinski definition) is 2. The lowest BCUT2D eigenvalue weighted by Crippen LogP contribution is -2.22. The smallest absolute Gasteiger partial charge is 0.0424 e. The summed E-state index contributed by atoms with van der Waals surface area (Å²) < 4.78 is 0. The number of rotatable bonds is 3. The molecule has 0 aliphatic heterocycles. The van der Waals surface area contributed by atoms with E-state index in [9.17, 15) is 0 Å². The van der Waals surface area contributed by atoms with Crippen molar-refractivity contribution >= 4 is 24.8 Å². The lowest BCUT2D eigenvalue weighted by molar-refractivity contribution is 0.590. The molecule has 0 aliphatic rings. The Kier molecular flexibility index (Phi) is 8.47. The molecule has 0 fully saturated rings. The van der Waals surface area contributed by atoms with Crippen molar-refractivity contribution in [2.24, 2.45) is 11.5 Å². The van der Waals surface area contributed by atoms with Gasteiger partial charge in [-0.15, -0.1) is 24.8 Å². The molecule has 0 radical (unpaired) electrons. The van der Waals surface area contributed by atoms with Crippen LogP contribution in [0.5, 0.6) is 0 Å². The van der Waals surface area contributed by atoms with E-state index in [2.05, 4.69) is 71.0 Å². The van der Waals surface area contributed by atoms with Gasteiger partial charge in [0.05, 0.1) is 0 Å². The summed E-state index contributed by atoms with van der Waals surface area (Å²) in [5, 5.41) is 0. The Morgan fingerprint density at radius 3 is 1.71 bits per heavy atom. The van der Waals surface area contributed by atoms with E-state index in [-0.39, 0.29) is 36.3 Å². The highest BCUT2D eigenvalue weighted by Gasteiger charge is 2.15. The summed E-state index contributed by atoms with van der Waals surface area (Å²) in [7, 11) is 0. The highest BCUT2D eigenvalue weighted by molar-refractivity contribution is 5.85. The fourth-order valence-electron chi connectivity index (χ4n) is 3.01. The van der Waals surface area contributed by atoms with Crippen LogP contribution in [0.25, 0.3) is 11.1 Å². The van der Waals surface area contributed by atoms with Crippen molar-refractivity contribution in [3.63, 3.8) is 0 Å². The van der Waals surface area contributed by atoms with Gasteiger partial charge >= 0.3 is 0 Å². The average Bonchev–Trinajstić information content (AvgIpc) is 2.45. The van der Waals surface area contributed by atoms with Gasteiger partial charge in [0, 0.05) is 12.6 Å². The third-order valence-corrected chi connectivity index (χ3v) is 4.30. The summed E-state index contributed by atoms with van der Waals surface area (Å²) in [4.78, 5) is 0. The SMILES string of the molecule is Cc1cc(-c2ccc(C(C)(C)C)cc2)cc(C)c1C(N)CN.Cl.Cl. The molecule has 24 heavy (non-hydrogen) atoms. The maximum atomic E-state index is 6.13. The Morgan fingerprint density at radius 1 is 0.875 bits per heavy atom. The molecular weight excluding hydrogens is 339 g/mol. The quantitative estimate of drug-likeness (QED) is 0.794. The predicted octanol–water partition coefficient (Wildman–Crippen LogP) is 5.07. The molecule has 2 aromatic carbocycles.